The highest BCUT2D eigenvalue weighted by Gasteiger charge is 2.01. The van der Waals surface area contributed by atoms with Crippen molar-refractivity contribution in [3.05, 3.63) is 35.4 Å². The minimum Gasteiger partial charge on any atom is -0.302 e. The first-order chi connectivity index (χ1) is 7.24. The van der Waals surface area contributed by atoms with Crippen LogP contribution in [0.5, 0.6) is 0 Å². The van der Waals surface area contributed by atoms with Crippen molar-refractivity contribution in [1.29, 1.82) is 0 Å². The molecule has 1 aromatic rings. The van der Waals surface area contributed by atoms with Crippen molar-refractivity contribution in [2.45, 2.75) is 39.7 Å². The Labute approximate surface area is 94.1 Å². The molecule has 0 fully saturated rings. The van der Waals surface area contributed by atoms with Gasteiger partial charge in [0.2, 0.25) is 0 Å². The second-order valence-corrected chi connectivity index (χ2v) is 4.37. The lowest BCUT2D eigenvalue weighted by atomic mass is 10.1. The highest BCUT2D eigenvalue weighted by molar-refractivity contribution is 5.25. The van der Waals surface area contributed by atoms with Crippen LogP contribution in [0.2, 0.25) is 0 Å². The molecule has 0 amide bonds. The van der Waals surface area contributed by atoms with Gasteiger partial charge in [-0.1, -0.05) is 44.0 Å². The fourth-order valence-corrected chi connectivity index (χ4v) is 1.79. The van der Waals surface area contributed by atoms with Gasteiger partial charge in [0.25, 0.3) is 0 Å². The van der Waals surface area contributed by atoms with E-state index in [1.807, 2.05) is 0 Å². The molecule has 1 rings (SSSR count). The van der Waals surface area contributed by atoms with E-state index in [-0.39, 0.29) is 0 Å². The Morgan fingerprint density at radius 3 is 2.53 bits per heavy atom. The van der Waals surface area contributed by atoms with Crippen LogP contribution in [0, 0.1) is 6.92 Å². The number of rotatable bonds is 6. The van der Waals surface area contributed by atoms with Crippen molar-refractivity contribution in [2.75, 3.05) is 13.6 Å². The van der Waals surface area contributed by atoms with E-state index in [0.717, 1.165) is 6.54 Å². The topological polar surface area (TPSA) is 3.24 Å². The quantitative estimate of drug-likeness (QED) is 0.641. The maximum Gasteiger partial charge on any atom is 0.0233 e. The molecule has 1 nitrogen and oxygen atoms in total. The summed E-state index contributed by atoms with van der Waals surface area (Å²) in [6.07, 6.45) is 3.97. The molecule has 84 valence electrons. The van der Waals surface area contributed by atoms with Crippen molar-refractivity contribution in [1.82, 2.24) is 4.90 Å². The number of benzene rings is 1. The van der Waals surface area contributed by atoms with E-state index in [0.29, 0.717) is 0 Å². The molecule has 1 heteroatoms. The Morgan fingerprint density at radius 2 is 1.87 bits per heavy atom. The molecule has 0 unspecified atom stereocenters. The lowest BCUT2D eigenvalue weighted by Gasteiger charge is -2.17. The third-order valence-electron chi connectivity index (χ3n) is 2.84. The summed E-state index contributed by atoms with van der Waals surface area (Å²) in [4.78, 5) is 2.41. The molecule has 0 bridgehead atoms. The molecular formula is C14H23N. The van der Waals surface area contributed by atoms with Crippen molar-refractivity contribution in [3.8, 4) is 0 Å². The van der Waals surface area contributed by atoms with Gasteiger partial charge in [-0.3, -0.25) is 0 Å². The van der Waals surface area contributed by atoms with Crippen LogP contribution in [0.3, 0.4) is 0 Å². The van der Waals surface area contributed by atoms with Gasteiger partial charge in [0.1, 0.15) is 0 Å². The fourth-order valence-electron chi connectivity index (χ4n) is 1.79. The summed E-state index contributed by atoms with van der Waals surface area (Å²) in [5.74, 6) is 0. The molecule has 0 radical (unpaired) electrons. The van der Waals surface area contributed by atoms with Crippen LogP contribution >= 0.6 is 0 Å². The van der Waals surface area contributed by atoms with Gasteiger partial charge in [-0.15, -0.1) is 0 Å². The molecule has 0 saturated carbocycles. The number of hydrogen-bond donors (Lipinski definition) is 0. The lowest BCUT2D eigenvalue weighted by Crippen LogP contribution is -2.19. The molecule has 0 spiro atoms. The van der Waals surface area contributed by atoms with E-state index in [1.165, 1.54) is 36.9 Å². The molecule has 0 aliphatic rings. The van der Waals surface area contributed by atoms with E-state index < -0.39 is 0 Å². The molecule has 0 heterocycles. The van der Waals surface area contributed by atoms with Gasteiger partial charge < -0.3 is 4.90 Å². The molecule has 0 N–H and O–H groups in total. The fraction of sp³-hybridized carbons (Fsp3) is 0.571. The second kappa shape index (κ2) is 6.62. The molecular weight excluding hydrogens is 182 g/mol. The summed E-state index contributed by atoms with van der Waals surface area (Å²) in [5, 5.41) is 0. The molecule has 0 atom stereocenters. The van der Waals surface area contributed by atoms with E-state index in [1.54, 1.807) is 0 Å². The Bertz CT molecular complexity index is 280. The first-order valence-corrected chi connectivity index (χ1v) is 5.97. The van der Waals surface area contributed by atoms with E-state index in [2.05, 4.69) is 50.1 Å². The second-order valence-electron chi connectivity index (χ2n) is 4.37. The largest absolute Gasteiger partial charge is 0.302 e. The van der Waals surface area contributed by atoms with Crippen molar-refractivity contribution in [3.63, 3.8) is 0 Å². The monoisotopic (exact) mass is 205 g/mol. The normalized spacial score (nSPS) is 10.9. The zero-order valence-corrected chi connectivity index (χ0v) is 10.3. The third kappa shape index (κ3) is 4.48. The Balaban J connectivity index is 2.37. The Hall–Kier alpha value is -0.820. The predicted molar refractivity (Wildman–Crippen MR) is 67.0 cm³/mol. The highest BCUT2D eigenvalue weighted by atomic mass is 15.1. The lowest BCUT2D eigenvalue weighted by molar-refractivity contribution is 0.317. The van der Waals surface area contributed by atoms with Gasteiger partial charge in [-0.05, 0) is 38.1 Å². The van der Waals surface area contributed by atoms with Crippen molar-refractivity contribution < 1.29 is 0 Å². The molecule has 15 heavy (non-hydrogen) atoms. The van der Waals surface area contributed by atoms with E-state index in [4.69, 9.17) is 0 Å². The van der Waals surface area contributed by atoms with Gasteiger partial charge in [0.05, 0.1) is 0 Å². The Morgan fingerprint density at radius 1 is 1.13 bits per heavy atom. The number of nitrogens with zero attached hydrogens (tertiary/aromatic N) is 1. The minimum absolute atomic E-state index is 1.08. The van der Waals surface area contributed by atoms with Crippen LogP contribution in [0.15, 0.2) is 24.3 Å². The summed E-state index contributed by atoms with van der Waals surface area (Å²) in [6, 6.07) is 8.65. The van der Waals surface area contributed by atoms with Crippen molar-refractivity contribution in [2.24, 2.45) is 0 Å². The molecule has 0 aromatic heterocycles. The van der Waals surface area contributed by atoms with Gasteiger partial charge >= 0.3 is 0 Å². The summed E-state index contributed by atoms with van der Waals surface area (Å²) < 4.78 is 0. The third-order valence-corrected chi connectivity index (χ3v) is 2.84. The van der Waals surface area contributed by atoms with Crippen molar-refractivity contribution >= 4 is 0 Å². The number of aryl methyl sites for hydroxylation is 1. The zero-order chi connectivity index (χ0) is 11.1. The molecule has 0 saturated heterocycles. The maximum atomic E-state index is 2.41. The van der Waals surface area contributed by atoms with Crippen LogP contribution in [-0.4, -0.2) is 18.5 Å². The highest BCUT2D eigenvalue weighted by Crippen LogP contribution is 2.09. The number of hydrogen-bond acceptors (Lipinski definition) is 1. The minimum atomic E-state index is 1.08. The van der Waals surface area contributed by atoms with Gasteiger partial charge in [-0.2, -0.15) is 0 Å². The first-order valence-electron chi connectivity index (χ1n) is 5.97. The maximum absolute atomic E-state index is 2.41. The average Bonchev–Trinajstić information content (AvgIpc) is 2.22. The van der Waals surface area contributed by atoms with Gasteiger partial charge in [-0.25, -0.2) is 0 Å². The van der Waals surface area contributed by atoms with E-state index in [9.17, 15) is 0 Å². The Kier molecular flexibility index (Phi) is 5.41. The zero-order valence-electron chi connectivity index (χ0n) is 10.3. The molecule has 1 aromatic carbocycles. The smallest absolute Gasteiger partial charge is 0.0233 e. The van der Waals surface area contributed by atoms with Crippen LogP contribution in [-0.2, 0) is 6.54 Å². The molecule has 0 aliphatic carbocycles. The van der Waals surface area contributed by atoms with Gasteiger partial charge in [0.15, 0.2) is 0 Å². The summed E-state index contributed by atoms with van der Waals surface area (Å²) >= 11 is 0. The predicted octanol–water partition coefficient (Wildman–Crippen LogP) is 3.62. The SMILES string of the molecule is CCCCCN(C)Cc1ccccc1C. The van der Waals surface area contributed by atoms with Gasteiger partial charge in [0, 0.05) is 6.54 Å². The standard InChI is InChI=1S/C14H23N/c1-4-5-8-11-15(3)12-14-10-7-6-9-13(14)2/h6-7,9-10H,4-5,8,11-12H2,1-3H3. The summed E-state index contributed by atoms with van der Waals surface area (Å²) in [5.41, 5.74) is 2.86. The van der Waals surface area contributed by atoms with Crippen LogP contribution < -0.4 is 0 Å². The van der Waals surface area contributed by atoms with Crippen LogP contribution in [0.4, 0.5) is 0 Å². The average molecular weight is 205 g/mol. The summed E-state index contributed by atoms with van der Waals surface area (Å²) in [7, 11) is 2.21. The summed E-state index contributed by atoms with van der Waals surface area (Å²) in [6.45, 7) is 6.73. The number of unbranched alkanes of at least 4 members (excludes halogenated alkanes) is 2. The first kappa shape index (κ1) is 12.3. The van der Waals surface area contributed by atoms with E-state index >= 15 is 0 Å². The molecule has 0 aliphatic heterocycles. The van der Waals surface area contributed by atoms with Crippen LogP contribution in [0.1, 0.15) is 37.3 Å². The van der Waals surface area contributed by atoms with Crippen LogP contribution in [0.25, 0.3) is 0 Å².